The summed E-state index contributed by atoms with van der Waals surface area (Å²) < 4.78 is 1.90. The Morgan fingerprint density at radius 1 is 1.32 bits per heavy atom. The predicted molar refractivity (Wildman–Crippen MR) is 93.7 cm³/mol. The van der Waals surface area contributed by atoms with E-state index in [9.17, 15) is 9.59 Å². The number of hydrogen-bond donors (Lipinski definition) is 2. The van der Waals surface area contributed by atoms with Gasteiger partial charge in [0, 0.05) is 38.0 Å². The average Bonchev–Trinajstić information content (AvgIpc) is 3.06. The van der Waals surface area contributed by atoms with Crippen LogP contribution in [0.3, 0.4) is 0 Å². The molecule has 0 radical (unpaired) electrons. The largest absolute Gasteiger partial charge is 0.342 e. The number of aryl methyl sites for hydroxylation is 1. The monoisotopic (exact) mass is 339 g/mol. The van der Waals surface area contributed by atoms with Crippen molar-refractivity contribution in [3.63, 3.8) is 0 Å². The van der Waals surface area contributed by atoms with Gasteiger partial charge in [0.15, 0.2) is 0 Å². The molecular formula is C18H21N5O2. The lowest BCUT2D eigenvalue weighted by atomic mass is 10.0. The minimum Gasteiger partial charge on any atom is -0.342 e. The second kappa shape index (κ2) is 7.74. The minimum atomic E-state index is -0.304. The molecule has 1 aliphatic heterocycles. The molecule has 7 nitrogen and oxygen atoms in total. The van der Waals surface area contributed by atoms with Crippen molar-refractivity contribution in [2.45, 2.75) is 31.7 Å². The molecule has 130 valence electrons. The van der Waals surface area contributed by atoms with Crippen LogP contribution in [0, 0.1) is 0 Å². The highest BCUT2D eigenvalue weighted by Gasteiger charge is 2.21. The van der Waals surface area contributed by atoms with E-state index in [-0.39, 0.29) is 17.9 Å². The van der Waals surface area contributed by atoms with Gasteiger partial charge in [0.25, 0.3) is 0 Å². The molecule has 0 aliphatic carbocycles. The average molecular weight is 339 g/mol. The molecule has 2 amide bonds. The Balaban J connectivity index is 1.67. The van der Waals surface area contributed by atoms with Crippen LogP contribution < -0.4 is 10.7 Å². The van der Waals surface area contributed by atoms with Gasteiger partial charge in [-0.25, -0.2) is 10.4 Å². The van der Waals surface area contributed by atoms with Crippen molar-refractivity contribution in [1.29, 1.82) is 0 Å². The summed E-state index contributed by atoms with van der Waals surface area (Å²) in [5, 5.41) is 7.06. The first-order chi connectivity index (χ1) is 12.1. The molecule has 1 aromatic heterocycles. The van der Waals surface area contributed by atoms with Gasteiger partial charge in [-0.1, -0.05) is 30.3 Å². The standard InChI is InChI=1S/C18H21N5O2/c1-23-12-11-19-18(23)17(13-5-3-2-4-6-13)20-15(24)9-7-14-8-10-16(25)22-21-14/h2-6,11-12,17H,7-10H2,1H3,(H,20,24)(H,22,25). The molecule has 0 saturated carbocycles. The fourth-order valence-corrected chi connectivity index (χ4v) is 2.78. The van der Waals surface area contributed by atoms with E-state index in [4.69, 9.17) is 0 Å². The van der Waals surface area contributed by atoms with Gasteiger partial charge in [-0.3, -0.25) is 9.59 Å². The quantitative estimate of drug-likeness (QED) is 0.839. The molecule has 1 atom stereocenters. The highest BCUT2D eigenvalue weighted by atomic mass is 16.2. The lowest BCUT2D eigenvalue weighted by Crippen LogP contribution is -2.32. The Morgan fingerprint density at radius 3 is 2.76 bits per heavy atom. The topological polar surface area (TPSA) is 88.4 Å². The molecule has 2 aromatic rings. The van der Waals surface area contributed by atoms with E-state index in [0.29, 0.717) is 25.7 Å². The third-order valence-electron chi connectivity index (χ3n) is 4.17. The van der Waals surface area contributed by atoms with Crippen molar-refractivity contribution in [1.82, 2.24) is 20.3 Å². The first-order valence-electron chi connectivity index (χ1n) is 8.29. The third kappa shape index (κ3) is 4.32. The number of benzene rings is 1. The normalized spacial score (nSPS) is 15.2. The molecule has 0 saturated heterocycles. The molecule has 0 fully saturated rings. The molecule has 1 aromatic carbocycles. The molecule has 2 N–H and O–H groups in total. The maximum absolute atomic E-state index is 12.4. The summed E-state index contributed by atoms with van der Waals surface area (Å²) in [5.41, 5.74) is 4.29. The Hall–Kier alpha value is -2.96. The van der Waals surface area contributed by atoms with Crippen molar-refractivity contribution in [2.75, 3.05) is 0 Å². The van der Waals surface area contributed by atoms with E-state index in [1.165, 1.54) is 0 Å². The Kier molecular flexibility index (Phi) is 5.23. The number of nitrogens with zero attached hydrogens (tertiary/aromatic N) is 3. The summed E-state index contributed by atoms with van der Waals surface area (Å²) in [7, 11) is 1.91. The van der Waals surface area contributed by atoms with Gasteiger partial charge in [-0.15, -0.1) is 0 Å². The molecule has 0 spiro atoms. The fourth-order valence-electron chi connectivity index (χ4n) is 2.78. The summed E-state index contributed by atoms with van der Waals surface area (Å²) in [6, 6.07) is 9.46. The lowest BCUT2D eigenvalue weighted by Gasteiger charge is -2.19. The second-order valence-corrected chi connectivity index (χ2v) is 6.02. The van der Waals surface area contributed by atoms with Crippen LogP contribution in [0.5, 0.6) is 0 Å². The molecule has 1 unspecified atom stereocenters. The van der Waals surface area contributed by atoms with Gasteiger partial charge in [0.1, 0.15) is 11.9 Å². The first-order valence-corrected chi connectivity index (χ1v) is 8.29. The number of rotatable bonds is 6. The van der Waals surface area contributed by atoms with Crippen molar-refractivity contribution < 1.29 is 9.59 Å². The number of carbonyl (C=O) groups is 2. The van der Waals surface area contributed by atoms with Gasteiger partial charge in [-0.05, 0) is 18.4 Å². The lowest BCUT2D eigenvalue weighted by molar-refractivity contribution is -0.121. The van der Waals surface area contributed by atoms with Gasteiger partial charge < -0.3 is 9.88 Å². The van der Waals surface area contributed by atoms with Crippen LogP contribution >= 0.6 is 0 Å². The zero-order chi connectivity index (χ0) is 17.6. The first kappa shape index (κ1) is 16.9. The van der Waals surface area contributed by atoms with E-state index < -0.39 is 0 Å². The van der Waals surface area contributed by atoms with E-state index in [2.05, 4.69) is 20.8 Å². The number of carbonyl (C=O) groups excluding carboxylic acids is 2. The number of hydrogen-bond acceptors (Lipinski definition) is 4. The van der Waals surface area contributed by atoms with Gasteiger partial charge >= 0.3 is 0 Å². The number of amides is 2. The Labute approximate surface area is 146 Å². The third-order valence-corrected chi connectivity index (χ3v) is 4.17. The smallest absolute Gasteiger partial charge is 0.240 e. The highest BCUT2D eigenvalue weighted by Crippen LogP contribution is 2.20. The second-order valence-electron chi connectivity index (χ2n) is 6.02. The van der Waals surface area contributed by atoms with Crippen LogP contribution in [0.4, 0.5) is 0 Å². The van der Waals surface area contributed by atoms with Crippen molar-refractivity contribution in [2.24, 2.45) is 12.1 Å². The van der Waals surface area contributed by atoms with Crippen LogP contribution in [0.15, 0.2) is 47.8 Å². The maximum atomic E-state index is 12.4. The number of nitrogens with one attached hydrogen (secondary N) is 2. The zero-order valence-electron chi connectivity index (χ0n) is 14.1. The summed E-state index contributed by atoms with van der Waals surface area (Å²) >= 11 is 0. The minimum absolute atomic E-state index is 0.0727. The molecule has 7 heteroatoms. The highest BCUT2D eigenvalue weighted by molar-refractivity contribution is 5.94. The summed E-state index contributed by atoms with van der Waals surface area (Å²) in [6.07, 6.45) is 5.48. The van der Waals surface area contributed by atoms with E-state index >= 15 is 0 Å². The van der Waals surface area contributed by atoms with Crippen LogP contribution in [0.2, 0.25) is 0 Å². The van der Waals surface area contributed by atoms with Crippen LogP contribution in [-0.4, -0.2) is 27.1 Å². The van der Waals surface area contributed by atoms with Crippen LogP contribution in [-0.2, 0) is 16.6 Å². The molecular weight excluding hydrogens is 318 g/mol. The summed E-state index contributed by atoms with van der Waals surface area (Å²) in [4.78, 5) is 27.9. The maximum Gasteiger partial charge on any atom is 0.240 e. The van der Waals surface area contributed by atoms with E-state index in [1.54, 1.807) is 6.20 Å². The molecule has 1 aliphatic rings. The molecule has 0 bridgehead atoms. The van der Waals surface area contributed by atoms with Crippen LogP contribution in [0.25, 0.3) is 0 Å². The molecule has 25 heavy (non-hydrogen) atoms. The summed E-state index contributed by atoms with van der Waals surface area (Å²) in [6.45, 7) is 0. The number of imidazole rings is 1. The van der Waals surface area contributed by atoms with E-state index in [1.807, 2.05) is 48.1 Å². The van der Waals surface area contributed by atoms with Gasteiger partial charge in [0.05, 0.1) is 0 Å². The SMILES string of the molecule is Cn1ccnc1C(NC(=O)CCC1=NNC(=O)CC1)c1ccccc1. The van der Waals surface area contributed by atoms with Crippen LogP contribution in [0.1, 0.15) is 43.1 Å². The predicted octanol–water partition coefficient (Wildman–Crippen LogP) is 1.67. The number of hydrazone groups is 1. The van der Waals surface area contributed by atoms with Crippen molar-refractivity contribution in [3.05, 3.63) is 54.1 Å². The Bertz CT molecular complexity index is 782. The van der Waals surface area contributed by atoms with Gasteiger partial charge in [0.2, 0.25) is 11.8 Å². The summed E-state index contributed by atoms with van der Waals surface area (Å²) in [5.74, 6) is 0.630. The molecule has 2 heterocycles. The molecule has 3 rings (SSSR count). The zero-order valence-corrected chi connectivity index (χ0v) is 14.1. The fraction of sp³-hybridized carbons (Fsp3) is 0.333. The van der Waals surface area contributed by atoms with E-state index in [0.717, 1.165) is 17.1 Å². The Morgan fingerprint density at radius 2 is 2.12 bits per heavy atom. The van der Waals surface area contributed by atoms with Crippen molar-refractivity contribution >= 4 is 17.5 Å². The van der Waals surface area contributed by atoms with Gasteiger partial charge in [-0.2, -0.15) is 5.10 Å². The number of aromatic nitrogens is 2. The van der Waals surface area contributed by atoms with Crippen molar-refractivity contribution in [3.8, 4) is 0 Å².